The van der Waals surface area contributed by atoms with Crippen molar-refractivity contribution >= 4 is 21.6 Å². The van der Waals surface area contributed by atoms with E-state index < -0.39 is 0 Å². The predicted octanol–water partition coefficient (Wildman–Crippen LogP) is 4.51. The predicted molar refractivity (Wildman–Crippen MR) is 99.2 cm³/mol. The zero-order valence-electron chi connectivity index (χ0n) is 14.9. The first-order valence-electron chi connectivity index (χ1n) is 8.79. The highest BCUT2D eigenvalue weighted by Crippen LogP contribution is 2.34. The molecule has 0 aliphatic carbocycles. The smallest absolute Gasteiger partial charge is 0.153 e. The quantitative estimate of drug-likeness (QED) is 0.688. The van der Waals surface area contributed by atoms with E-state index in [1.54, 1.807) is 11.3 Å². The average molecular weight is 357 g/mol. The molecule has 3 aromatic heterocycles. The number of piperidine rings is 1. The summed E-state index contributed by atoms with van der Waals surface area (Å²) < 4.78 is 12.9. The number of hydrogen-bond donors (Lipinski definition) is 0. The maximum absolute atomic E-state index is 6.33. The summed E-state index contributed by atoms with van der Waals surface area (Å²) in [4.78, 5) is 8.14. The van der Waals surface area contributed by atoms with Gasteiger partial charge in [0.05, 0.1) is 22.0 Å². The molecule has 4 heterocycles. The van der Waals surface area contributed by atoms with Gasteiger partial charge in [-0.1, -0.05) is 5.16 Å². The summed E-state index contributed by atoms with van der Waals surface area (Å²) >= 11 is 1.76. The molecule has 0 amide bonds. The first-order chi connectivity index (χ1) is 12.1. The minimum Gasteiger partial charge on any atom is -0.489 e. The van der Waals surface area contributed by atoms with Crippen molar-refractivity contribution in [3.8, 4) is 5.75 Å². The van der Waals surface area contributed by atoms with Crippen molar-refractivity contribution in [3.63, 3.8) is 0 Å². The van der Waals surface area contributed by atoms with Gasteiger partial charge in [-0.3, -0.25) is 9.88 Å². The Balaban J connectivity index is 1.40. The van der Waals surface area contributed by atoms with Crippen LogP contribution in [-0.4, -0.2) is 34.2 Å². The Morgan fingerprint density at radius 2 is 2.08 bits per heavy atom. The topological polar surface area (TPSA) is 51.4 Å². The summed E-state index contributed by atoms with van der Waals surface area (Å²) in [6.45, 7) is 8.26. The second kappa shape index (κ2) is 6.77. The molecule has 1 unspecified atom stereocenters. The van der Waals surface area contributed by atoms with Gasteiger partial charge in [-0.05, 0) is 45.7 Å². The maximum atomic E-state index is 6.33. The van der Waals surface area contributed by atoms with Crippen LogP contribution >= 0.6 is 11.3 Å². The second-order valence-corrected chi connectivity index (χ2v) is 8.04. The normalized spacial score (nSPS) is 17.9. The molecule has 0 N–H and O–H groups in total. The van der Waals surface area contributed by atoms with Gasteiger partial charge in [0.1, 0.15) is 11.9 Å². The third-order valence-corrected chi connectivity index (χ3v) is 5.93. The van der Waals surface area contributed by atoms with Gasteiger partial charge in [0, 0.05) is 30.2 Å². The minimum atomic E-state index is 0.257. The van der Waals surface area contributed by atoms with Gasteiger partial charge in [0.2, 0.25) is 0 Å². The molecule has 1 aliphatic heterocycles. The van der Waals surface area contributed by atoms with Crippen LogP contribution in [0.3, 0.4) is 0 Å². The van der Waals surface area contributed by atoms with E-state index in [2.05, 4.69) is 35.0 Å². The zero-order valence-corrected chi connectivity index (χ0v) is 15.7. The first kappa shape index (κ1) is 16.5. The number of likely N-dealkylation sites (tertiary alicyclic amines) is 1. The Hall–Kier alpha value is -1.92. The van der Waals surface area contributed by atoms with E-state index in [1.807, 2.05) is 25.3 Å². The first-order valence-corrected chi connectivity index (χ1v) is 9.61. The molecule has 4 rings (SSSR count). The second-order valence-electron chi connectivity index (χ2n) is 6.78. The Morgan fingerprint density at radius 3 is 2.80 bits per heavy atom. The molecule has 1 saturated heterocycles. The van der Waals surface area contributed by atoms with Gasteiger partial charge in [-0.25, -0.2) is 0 Å². The number of rotatable bonds is 4. The highest BCUT2D eigenvalue weighted by molar-refractivity contribution is 7.19. The average Bonchev–Trinajstić information content (AvgIpc) is 3.20. The van der Waals surface area contributed by atoms with Gasteiger partial charge in [0.25, 0.3) is 0 Å². The Kier molecular flexibility index (Phi) is 4.48. The van der Waals surface area contributed by atoms with Crippen LogP contribution < -0.4 is 4.74 Å². The third-order valence-electron chi connectivity index (χ3n) is 4.87. The lowest BCUT2D eigenvalue weighted by molar-refractivity contribution is 0.0725. The summed E-state index contributed by atoms with van der Waals surface area (Å²) in [6.07, 6.45) is 4.14. The number of ether oxygens (including phenoxy) is 1. The molecule has 0 spiro atoms. The van der Waals surface area contributed by atoms with Crippen molar-refractivity contribution in [1.82, 2.24) is 15.0 Å². The van der Waals surface area contributed by atoms with Crippen LogP contribution in [0.15, 0.2) is 28.9 Å². The lowest BCUT2D eigenvalue weighted by Crippen LogP contribution is -2.39. The summed E-state index contributed by atoms with van der Waals surface area (Å²) in [7, 11) is 0. The molecular formula is C19H23N3O2S. The monoisotopic (exact) mass is 357 g/mol. The summed E-state index contributed by atoms with van der Waals surface area (Å²) in [6, 6.07) is 6.40. The van der Waals surface area contributed by atoms with Crippen LogP contribution in [-0.2, 0) is 0 Å². The molecular weight excluding hydrogens is 334 g/mol. The molecule has 0 aromatic carbocycles. The van der Waals surface area contributed by atoms with Gasteiger partial charge >= 0.3 is 0 Å². The number of aryl methyl sites for hydroxylation is 2. The van der Waals surface area contributed by atoms with Crippen LogP contribution in [0.2, 0.25) is 0 Å². The molecule has 132 valence electrons. The highest BCUT2D eigenvalue weighted by atomic mass is 32.1. The van der Waals surface area contributed by atoms with Gasteiger partial charge in [-0.2, -0.15) is 0 Å². The van der Waals surface area contributed by atoms with Crippen LogP contribution in [0, 0.1) is 13.8 Å². The zero-order chi connectivity index (χ0) is 17.4. The van der Waals surface area contributed by atoms with Crippen molar-refractivity contribution in [3.05, 3.63) is 40.7 Å². The van der Waals surface area contributed by atoms with E-state index in [-0.39, 0.29) is 12.1 Å². The van der Waals surface area contributed by atoms with Crippen molar-refractivity contribution in [2.24, 2.45) is 0 Å². The molecule has 0 saturated carbocycles. The van der Waals surface area contributed by atoms with Crippen LogP contribution in [0.5, 0.6) is 5.75 Å². The summed E-state index contributed by atoms with van der Waals surface area (Å²) in [5.41, 5.74) is 1.97. The molecule has 0 radical (unpaired) electrons. The van der Waals surface area contributed by atoms with Crippen LogP contribution in [0.4, 0.5) is 0 Å². The molecule has 0 bridgehead atoms. The summed E-state index contributed by atoms with van der Waals surface area (Å²) in [5.74, 6) is 1.92. The maximum Gasteiger partial charge on any atom is 0.153 e. The number of thiophene rings is 1. The third kappa shape index (κ3) is 3.41. The highest BCUT2D eigenvalue weighted by Gasteiger charge is 2.27. The van der Waals surface area contributed by atoms with Crippen molar-refractivity contribution in [2.45, 2.75) is 45.8 Å². The van der Waals surface area contributed by atoms with Crippen molar-refractivity contribution in [1.29, 1.82) is 0 Å². The fourth-order valence-corrected chi connectivity index (χ4v) is 4.37. The van der Waals surface area contributed by atoms with Gasteiger partial charge < -0.3 is 9.26 Å². The Bertz CT molecular complexity index is 865. The molecule has 25 heavy (non-hydrogen) atoms. The van der Waals surface area contributed by atoms with Crippen molar-refractivity contribution < 1.29 is 9.26 Å². The van der Waals surface area contributed by atoms with E-state index in [1.165, 1.54) is 4.88 Å². The summed E-state index contributed by atoms with van der Waals surface area (Å²) in [5, 5.41) is 4.00. The fraction of sp³-hybridized carbons (Fsp3) is 0.474. The minimum absolute atomic E-state index is 0.257. The number of hydrogen-bond acceptors (Lipinski definition) is 6. The van der Waals surface area contributed by atoms with Crippen molar-refractivity contribution in [2.75, 3.05) is 13.1 Å². The largest absolute Gasteiger partial charge is 0.489 e. The van der Waals surface area contributed by atoms with Gasteiger partial charge in [0.15, 0.2) is 5.76 Å². The number of nitrogens with zero attached hydrogens (tertiary/aromatic N) is 3. The Morgan fingerprint density at radius 1 is 1.28 bits per heavy atom. The number of fused-ring (bicyclic) bond motifs is 1. The molecule has 3 aromatic rings. The molecule has 1 aliphatic rings. The lowest BCUT2D eigenvalue weighted by atomic mass is 10.0. The van der Waals surface area contributed by atoms with Gasteiger partial charge in [-0.15, -0.1) is 11.3 Å². The number of aromatic nitrogens is 2. The van der Waals surface area contributed by atoms with E-state index in [9.17, 15) is 0 Å². The van der Waals surface area contributed by atoms with Crippen LogP contribution in [0.25, 0.3) is 10.2 Å². The Labute approximate surface area is 151 Å². The molecule has 6 heteroatoms. The van der Waals surface area contributed by atoms with E-state index in [0.717, 1.165) is 53.4 Å². The molecule has 1 fully saturated rings. The SMILES string of the molecule is Cc1cc(C(C)N2CCC(Oc3ccnc4cc(C)sc34)CC2)on1. The molecule has 5 nitrogen and oxygen atoms in total. The van der Waals surface area contributed by atoms with E-state index >= 15 is 0 Å². The number of pyridine rings is 1. The van der Waals surface area contributed by atoms with E-state index in [4.69, 9.17) is 9.26 Å². The molecule has 1 atom stereocenters. The standard InChI is InChI=1S/C19H23N3O2S/c1-12-10-18(24-21-12)14(3)22-8-5-15(6-9-22)23-17-4-7-20-16-11-13(2)25-19(16)17/h4,7,10-11,14-15H,5-6,8-9H2,1-3H3. The lowest BCUT2D eigenvalue weighted by Gasteiger charge is -2.35. The van der Waals surface area contributed by atoms with Crippen LogP contribution in [0.1, 0.15) is 42.1 Å². The fourth-order valence-electron chi connectivity index (χ4n) is 3.45. The van der Waals surface area contributed by atoms with E-state index in [0.29, 0.717) is 0 Å².